The Kier molecular flexibility index (Phi) is 5.70. The van der Waals surface area contributed by atoms with Gasteiger partial charge in [0, 0.05) is 0 Å². The average Bonchev–Trinajstić information content (AvgIpc) is 3.40. The van der Waals surface area contributed by atoms with E-state index in [-0.39, 0.29) is 26.8 Å². The van der Waals surface area contributed by atoms with Crippen LogP contribution in [0.3, 0.4) is 0 Å². The average molecular weight is 489 g/mol. The Hall–Kier alpha value is -4.24. The normalized spacial score (nSPS) is 14.7. The van der Waals surface area contributed by atoms with Gasteiger partial charge in [0.05, 0.1) is 29.8 Å². The van der Waals surface area contributed by atoms with Crippen molar-refractivity contribution >= 4 is 39.3 Å². The molecule has 0 saturated carbocycles. The molecule has 35 heavy (non-hydrogen) atoms. The number of amides is 1. The SMILES string of the molecule is C=CCOc1ccc([C@@H]2c3c(oc4ccccc4c3=O)C(=O)N2c2nc(C)c(C(=O)OC)s2)cc1. The third kappa shape index (κ3) is 3.70. The van der Waals surface area contributed by atoms with E-state index in [2.05, 4.69) is 11.6 Å². The third-order valence-corrected chi connectivity index (χ3v) is 6.84. The van der Waals surface area contributed by atoms with Crippen LogP contribution in [0.5, 0.6) is 5.75 Å². The number of rotatable bonds is 6. The van der Waals surface area contributed by atoms with Crippen molar-refractivity contribution in [2.24, 2.45) is 0 Å². The summed E-state index contributed by atoms with van der Waals surface area (Å²) in [6.07, 6.45) is 1.64. The summed E-state index contributed by atoms with van der Waals surface area (Å²) in [4.78, 5) is 45.6. The number of methoxy groups -OCH3 is 1. The van der Waals surface area contributed by atoms with Crippen LogP contribution in [-0.4, -0.2) is 30.6 Å². The van der Waals surface area contributed by atoms with Gasteiger partial charge in [-0.1, -0.05) is 48.3 Å². The number of carbonyl (C=O) groups excluding carboxylic acids is 2. The molecule has 2 aromatic heterocycles. The van der Waals surface area contributed by atoms with Gasteiger partial charge >= 0.3 is 5.97 Å². The van der Waals surface area contributed by atoms with E-state index in [1.54, 1.807) is 61.5 Å². The molecule has 1 atom stereocenters. The zero-order valence-corrected chi connectivity index (χ0v) is 19.8. The third-order valence-electron chi connectivity index (χ3n) is 5.70. The van der Waals surface area contributed by atoms with Crippen LogP contribution in [0.25, 0.3) is 11.0 Å². The Morgan fingerprint density at radius 3 is 2.66 bits per heavy atom. The minimum absolute atomic E-state index is 0.0434. The van der Waals surface area contributed by atoms with Gasteiger partial charge in [-0.25, -0.2) is 9.78 Å². The standard InChI is InChI=1S/C26H20N2O6S/c1-4-13-33-16-11-9-15(10-12-16)20-19-21(29)17-7-5-6-8-18(17)34-22(19)24(30)28(20)26-27-14(2)23(35-26)25(31)32-3/h4-12,20H,1,13H2,2-3H3/t20-/m1/s1. The second kappa shape index (κ2) is 8.84. The first-order chi connectivity index (χ1) is 16.9. The number of esters is 1. The summed E-state index contributed by atoms with van der Waals surface area (Å²) in [7, 11) is 1.28. The summed E-state index contributed by atoms with van der Waals surface area (Å²) in [6.45, 7) is 5.66. The molecular formula is C26H20N2O6S. The van der Waals surface area contributed by atoms with Crippen LogP contribution >= 0.6 is 11.3 Å². The molecule has 0 fully saturated rings. The lowest BCUT2D eigenvalue weighted by molar-refractivity contribution is 0.0605. The molecule has 8 nitrogen and oxygen atoms in total. The maximum absolute atomic E-state index is 13.7. The number of benzene rings is 2. The molecule has 0 spiro atoms. The predicted octanol–water partition coefficient (Wildman–Crippen LogP) is 4.66. The molecule has 1 amide bonds. The molecule has 176 valence electrons. The first-order valence-electron chi connectivity index (χ1n) is 10.7. The van der Waals surface area contributed by atoms with E-state index < -0.39 is 17.9 Å². The van der Waals surface area contributed by atoms with E-state index in [4.69, 9.17) is 13.9 Å². The number of aryl methyl sites for hydroxylation is 1. The Balaban J connectivity index is 1.71. The summed E-state index contributed by atoms with van der Waals surface area (Å²) in [5, 5.41) is 0.641. The minimum atomic E-state index is -0.803. The highest BCUT2D eigenvalue weighted by Crippen LogP contribution is 2.43. The first-order valence-corrected chi connectivity index (χ1v) is 11.5. The van der Waals surface area contributed by atoms with Gasteiger partial charge in [0.1, 0.15) is 22.8 Å². The highest BCUT2D eigenvalue weighted by Gasteiger charge is 2.45. The molecule has 0 radical (unpaired) electrons. The van der Waals surface area contributed by atoms with Crippen LogP contribution in [0.1, 0.15) is 43.1 Å². The number of para-hydroxylation sites is 1. The lowest BCUT2D eigenvalue weighted by atomic mass is 9.98. The Bertz CT molecular complexity index is 1540. The fraction of sp³-hybridized carbons (Fsp3) is 0.154. The summed E-state index contributed by atoms with van der Waals surface area (Å²) in [5.74, 6) is -0.479. The van der Waals surface area contributed by atoms with Gasteiger partial charge in [-0.3, -0.25) is 14.5 Å². The number of aromatic nitrogens is 1. The summed E-state index contributed by atoms with van der Waals surface area (Å²) >= 11 is 1.03. The monoisotopic (exact) mass is 488 g/mol. The van der Waals surface area contributed by atoms with Gasteiger partial charge in [-0.15, -0.1) is 0 Å². The molecule has 0 bridgehead atoms. The minimum Gasteiger partial charge on any atom is -0.490 e. The van der Waals surface area contributed by atoms with Crippen molar-refractivity contribution in [2.45, 2.75) is 13.0 Å². The highest BCUT2D eigenvalue weighted by molar-refractivity contribution is 7.17. The fourth-order valence-electron chi connectivity index (χ4n) is 4.10. The van der Waals surface area contributed by atoms with Gasteiger partial charge in [0.2, 0.25) is 5.76 Å². The van der Waals surface area contributed by atoms with Crippen LogP contribution in [0, 0.1) is 6.92 Å². The van der Waals surface area contributed by atoms with E-state index in [0.717, 1.165) is 11.3 Å². The molecular weight excluding hydrogens is 468 g/mol. The smallest absolute Gasteiger partial charge is 0.350 e. The van der Waals surface area contributed by atoms with Crippen molar-refractivity contribution in [3.05, 3.63) is 98.9 Å². The maximum atomic E-state index is 13.7. The highest BCUT2D eigenvalue weighted by atomic mass is 32.1. The van der Waals surface area contributed by atoms with Gasteiger partial charge in [0.15, 0.2) is 10.6 Å². The molecule has 0 saturated heterocycles. The second-order valence-electron chi connectivity index (χ2n) is 7.82. The Morgan fingerprint density at radius 1 is 1.20 bits per heavy atom. The fourth-order valence-corrected chi connectivity index (χ4v) is 5.11. The topological polar surface area (TPSA) is 98.9 Å². The molecule has 1 aliphatic heterocycles. The van der Waals surface area contributed by atoms with Gasteiger partial charge < -0.3 is 13.9 Å². The quantitative estimate of drug-likeness (QED) is 0.288. The van der Waals surface area contributed by atoms with E-state index in [0.29, 0.717) is 34.6 Å². The molecule has 4 aromatic rings. The van der Waals surface area contributed by atoms with Crippen molar-refractivity contribution in [1.82, 2.24) is 4.98 Å². The Morgan fingerprint density at radius 2 is 1.94 bits per heavy atom. The largest absolute Gasteiger partial charge is 0.490 e. The molecule has 5 rings (SSSR count). The summed E-state index contributed by atoms with van der Waals surface area (Å²) in [5.41, 5.74) is 1.34. The van der Waals surface area contributed by atoms with Crippen LogP contribution in [0.15, 0.2) is 70.4 Å². The van der Waals surface area contributed by atoms with Crippen LogP contribution in [0.4, 0.5) is 5.13 Å². The summed E-state index contributed by atoms with van der Waals surface area (Å²) < 4.78 is 16.4. The maximum Gasteiger partial charge on any atom is 0.350 e. The number of ether oxygens (including phenoxy) is 2. The molecule has 0 N–H and O–H groups in total. The van der Waals surface area contributed by atoms with Crippen LogP contribution < -0.4 is 15.1 Å². The number of nitrogens with zero attached hydrogens (tertiary/aromatic N) is 2. The molecule has 3 heterocycles. The second-order valence-corrected chi connectivity index (χ2v) is 8.80. The lowest BCUT2D eigenvalue weighted by Crippen LogP contribution is -2.29. The summed E-state index contributed by atoms with van der Waals surface area (Å²) in [6, 6.07) is 13.1. The number of carbonyl (C=O) groups is 2. The molecule has 1 aliphatic rings. The van der Waals surface area contributed by atoms with Crippen molar-refractivity contribution < 1.29 is 23.5 Å². The lowest BCUT2D eigenvalue weighted by Gasteiger charge is -2.22. The number of anilines is 1. The predicted molar refractivity (Wildman–Crippen MR) is 131 cm³/mol. The Labute approximate surface area is 204 Å². The van der Waals surface area contributed by atoms with Gasteiger partial charge in [-0.2, -0.15) is 0 Å². The molecule has 0 aliphatic carbocycles. The van der Waals surface area contributed by atoms with E-state index in [9.17, 15) is 14.4 Å². The van der Waals surface area contributed by atoms with E-state index >= 15 is 0 Å². The van der Waals surface area contributed by atoms with Crippen molar-refractivity contribution in [1.29, 1.82) is 0 Å². The van der Waals surface area contributed by atoms with Crippen LogP contribution in [0.2, 0.25) is 0 Å². The number of thiazole rings is 1. The van der Waals surface area contributed by atoms with Crippen LogP contribution in [-0.2, 0) is 4.74 Å². The number of hydrogen-bond acceptors (Lipinski definition) is 8. The number of fused-ring (bicyclic) bond motifs is 2. The van der Waals surface area contributed by atoms with Crippen molar-refractivity contribution in [3.63, 3.8) is 0 Å². The van der Waals surface area contributed by atoms with Gasteiger partial charge in [0.25, 0.3) is 5.91 Å². The van der Waals surface area contributed by atoms with Crippen molar-refractivity contribution in [2.75, 3.05) is 18.6 Å². The number of hydrogen-bond donors (Lipinski definition) is 0. The van der Waals surface area contributed by atoms with E-state index in [1.165, 1.54) is 12.0 Å². The molecule has 0 unspecified atom stereocenters. The molecule has 2 aromatic carbocycles. The van der Waals surface area contributed by atoms with E-state index in [1.807, 2.05) is 0 Å². The first kappa shape index (κ1) is 22.5. The van der Waals surface area contributed by atoms with Crippen molar-refractivity contribution in [3.8, 4) is 5.75 Å². The zero-order valence-electron chi connectivity index (χ0n) is 18.9. The zero-order chi connectivity index (χ0) is 24.7. The van der Waals surface area contributed by atoms with Gasteiger partial charge in [-0.05, 0) is 36.8 Å². The molecule has 9 heteroatoms.